The standard InChI is InChI=1S/C14H17NO2S/c1-14(2,17)13(16)15-8-7-10-9-18-12-6-4-3-5-11(10)12/h3-6,9,17H,7-8H2,1-2H3,(H,15,16). The van der Waals surface area contributed by atoms with E-state index in [4.69, 9.17) is 0 Å². The summed E-state index contributed by atoms with van der Waals surface area (Å²) in [6.45, 7) is 3.52. The molecule has 0 radical (unpaired) electrons. The van der Waals surface area contributed by atoms with Gasteiger partial charge in [0, 0.05) is 11.2 Å². The number of carbonyl (C=O) groups excluding carboxylic acids is 1. The lowest BCUT2D eigenvalue weighted by atomic mass is 10.1. The van der Waals surface area contributed by atoms with Crippen LogP contribution in [0.2, 0.25) is 0 Å². The van der Waals surface area contributed by atoms with Crippen molar-refractivity contribution in [2.45, 2.75) is 25.9 Å². The van der Waals surface area contributed by atoms with Crippen LogP contribution >= 0.6 is 11.3 Å². The van der Waals surface area contributed by atoms with E-state index in [0.717, 1.165) is 6.42 Å². The third-order valence-electron chi connectivity index (χ3n) is 2.80. The van der Waals surface area contributed by atoms with E-state index in [1.165, 1.54) is 29.5 Å². The van der Waals surface area contributed by atoms with Gasteiger partial charge in [-0.3, -0.25) is 4.79 Å². The van der Waals surface area contributed by atoms with E-state index in [2.05, 4.69) is 22.8 Å². The molecule has 1 aromatic carbocycles. The van der Waals surface area contributed by atoms with Crippen molar-refractivity contribution in [3.05, 3.63) is 35.2 Å². The van der Waals surface area contributed by atoms with Crippen molar-refractivity contribution >= 4 is 27.3 Å². The van der Waals surface area contributed by atoms with E-state index in [1.54, 1.807) is 11.3 Å². The van der Waals surface area contributed by atoms with E-state index in [-0.39, 0.29) is 5.91 Å². The van der Waals surface area contributed by atoms with Gasteiger partial charge in [0.15, 0.2) is 0 Å². The van der Waals surface area contributed by atoms with Crippen molar-refractivity contribution in [2.75, 3.05) is 6.54 Å². The number of aliphatic hydroxyl groups is 1. The molecule has 0 aliphatic heterocycles. The lowest BCUT2D eigenvalue weighted by Gasteiger charge is -2.16. The molecule has 0 saturated heterocycles. The zero-order valence-electron chi connectivity index (χ0n) is 10.6. The molecule has 2 aromatic rings. The van der Waals surface area contributed by atoms with Gasteiger partial charge in [-0.15, -0.1) is 11.3 Å². The number of hydrogen-bond donors (Lipinski definition) is 2. The van der Waals surface area contributed by atoms with Crippen LogP contribution in [-0.4, -0.2) is 23.2 Å². The van der Waals surface area contributed by atoms with E-state index in [9.17, 15) is 9.90 Å². The van der Waals surface area contributed by atoms with Gasteiger partial charge >= 0.3 is 0 Å². The van der Waals surface area contributed by atoms with Crippen LogP contribution in [-0.2, 0) is 11.2 Å². The van der Waals surface area contributed by atoms with Crippen LogP contribution < -0.4 is 5.32 Å². The summed E-state index contributed by atoms with van der Waals surface area (Å²) in [5.41, 5.74) is -0.0666. The molecule has 0 atom stereocenters. The monoisotopic (exact) mass is 263 g/mol. The summed E-state index contributed by atoms with van der Waals surface area (Å²) >= 11 is 1.72. The molecule has 18 heavy (non-hydrogen) atoms. The second-order valence-electron chi connectivity index (χ2n) is 4.82. The number of fused-ring (bicyclic) bond motifs is 1. The minimum Gasteiger partial charge on any atom is -0.381 e. The van der Waals surface area contributed by atoms with Crippen LogP contribution in [0.25, 0.3) is 10.1 Å². The summed E-state index contributed by atoms with van der Waals surface area (Å²) < 4.78 is 1.27. The molecule has 1 aromatic heterocycles. The Morgan fingerprint density at radius 2 is 2.11 bits per heavy atom. The van der Waals surface area contributed by atoms with Crippen LogP contribution in [0.4, 0.5) is 0 Å². The first kappa shape index (κ1) is 13.1. The fraction of sp³-hybridized carbons (Fsp3) is 0.357. The van der Waals surface area contributed by atoms with Gasteiger partial charge in [-0.05, 0) is 42.7 Å². The number of thiophene rings is 1. The normalized spacial score (nSPS) is 11.7. The molecular weight excluding hydrogens is 246 g/mol. The SMILES string of the molecule is CC(C)(O)C(=O)NCCc1csc2ccccc12. The summed E-state index contributed by atoms with van der Waals surface area (Å²) in [6.07, 6.45) is 0.784. The first-order chi connectivity index (χ1) is 8.48. The highest BCUT2D eigenvalue weighted by Crippen LogP contribution is 2.25. The first-order valence-electron chi connectivity index (χ1n) is 5.94. The maximum atomic E-state index is 11.5. The van der Waals surface area contributed by atoms with E-state index >= 15 is 0 Å². The molecule has 0 bridgehead atoms. The van der Waals surface area contributed by atoms with E-state index < -0.39 is 5.60 Å². The molecule has 0 fully saturated rings. The molecule has 1 heterocycles. The Balaban J connectivity index is 1.97. The van der Waals surface area contributed by atoms with E-state index in [0.29, 0.717) is 6.54 Å². The predicted molar refractivity (Wildman–Crippen MR) is 74.8 cm³/mol. The van der Waals surface area contributed by atoms with Gasteiger partial charge in [-0.1, -0.05) is 18.2 Å². The quantitative estimate of drug-likeness (QED) is 0.889. The smallest absolute Gasteiger partial charge is 0.251 e. The van der Waals surface area contributed by atoms with Crippen LogP contribution in [0.5, 0.6) is 0 Å². The van der Waals surface area contributed by atoms with Gasteiger partial charge in [-0.25, -0.2) is 0 Å². The molecular formula is C14H17NO2S. The minimum absolute atomic E-state index is 0.331. The van der Waals surface area contributed by atoms with Crippen molar-refractivity contribution in [3.8, 4) is 0 Å². The summed E-state index contributed by atoms with van der Waals surface area (Å²) in [7, 11) is 0. The van der Waals surface area contributed by atoms with E-state index in [1.807, 2.05) is 12.1 Å². The highest BCUT2D eigenvalue weighted by Gasteiger charge is 2.22. The average molecular weight is 263 g/mol. The van der Waals surface area contributed by atoms with Crippen LogP contribution in [0.15, 0.2) is 29.6 Å². The Bertz CT molecular complexity index is 554. The third kappa shape index (κ3) is 2.89. The number of hydrogen-bond acceptors (Lipinski definition) is 3. The van der Waals surface area contributed by atoms with Gasteiger partial charge in [0.1, 0.15) is 5.60 Å². The van der Waals surface area contributed by atoms with Crippen molar-refractivity contribution in [2.24, 2.45) is 0 Å². The molecule has 0 saturated carbocycles. The molecule has 4 heteroatoms. The predicted octanol–water partition coefficient (Wildman–Crippen LogP) is 2.33. The molecule has 96 valence electrons. The summed E-state index contributed by atoms with van der Waals surface area (Å²) in [5.74, 6) is -0.331. The average Bonchev–Trinajstić information content (AvgIpc) is 2.71. The van der Waals surface area contributed by atoms with Crippen LogP contribution in [0.3, 0.4) is 0 Å². The Hall–Kier alpha value is -1.39. The Kier molecular flexibility index (Phi) is 3.68. The fourth-order valence-electron chi connectivity index (χ4n) is 1.75. The summed E-state index contributed by atoms with van der Waals surface area (Å²) in [5, 5.41) is 15.6. The molecule has 0 spiro atoms. The third-order valence-corrected chi connectivity index (χ3v) is 3.81. The van der Waals surface area contributed by atoms with Gasteiger partial charge in [0.05, 0.1) is 0 Å². The minimum atomic E-state index is -1.31. The number of carbonyl (C=O) groups is 1. The lowest BCUT2D eigenvalue weighted by Crippen LogP contribution is -2.42. The summed E-state index contributed by atoms with van der Waals surface area (Å²) in [6, 6.07) is 8.24. The Morgan fingerprint density at radius 1 is 1.39 bits per heavy atom. The first-order valence-corrected chi connectivity index (χ1v) is 6.82. The second kappa shape index (κ2) is 5.08. The highest BCUT2D eigenvalue weighted by atomic mass is 32.1. The fourth-order valence-corrected chi connectivity index (χ4v) is 2.75. The number of nitrogens with one attached hydrogen (secondary N) is 1. The van der Waals surface area contributed by atoms with Crippen LogP contribution in [0.1, 0.15) is 19.4 Å². The Morgan fingerprint density at radius 3 is 2.83 bits per heavy atom. The molecule has 2 rings (SSSR count). The second-order valence-corrected chi connectivity index (χ2v) is 5.73. The maximum Gasteiger partial charge on any atom is 0.251 e. The van der Waals surface area contributed by atoms with Crippen molar-refractivity contribution in [1.29, 1.82) is 0 Å². The molecule has 2 N–H and O–H groups in total. The molecule has 0 unspecified atom stereocenters. The van der Waals surface area contributed by atoms with Crippen molar-refractivity contribution < 1.29 is 9.90 Å². The van der Waals surface area contributed by atoms with Gasteiger partial charge in [0.2, 0.25) is 0 Å². The topological polar surface area (TPSA) is 49.3 Å². The number of benzene rings is 1. The lowest BCUT2D eigenvalue weighted by molar-refractivity contribution is -0.136. The van der Waals surface area contributed by atoms with Crippen LogP contribution in [0, 0.1) is 0 Å². The summed E-state index contributed by atoms with van der Waals surface area (Å²) in [4.78, 5) is 11.5. The largest absolute Gasteiger partial charge is 0.381 e. The highest BCUT2D eigenvalue weighted by molar-refractivity contribution is 7.17. The van der Waals surface area contributed by atoms with Crippen molar-refractivity contribution in [3.63, 3.8) is 0 Å². The zero-order chi connectivity index (χ0) is 13.2. The van der Waals surface area contributed by atoms with Gasteiger partial charge in [-0.2, -0.15) is 0 Å². The molecule has 1 amide bonds. The number of amides is 1. The molecule has 3 nitrogen and oxygen atoms in total. The maximum absolute atomic E-state index is 11.5. The van der Waals surface area contributed by atoms with Crippen molar-refractivity contribution in [1.82, 2.24) is 5.32 Å². The van der Waals surface area contributed by atoms with Gasteiger partial charge in [0.25, 0.3) is 5.91 Å². The molecule has 0 aliphatic rings. The number of rotatable bonds is 4. The van der Waals surface area contributed by atoms with Gasteiger partial charge < -0.3 is 10.4 Å². The molecule has 0 aliphatic carbocycles. The zero-order valence-corrected chi connectivity index (χ0v) is 11.4. The Labute approximate surface area is 110 Å².